The third-order valence-electron chi connectivity index (χ3n) is 5.11. The lowest BCUT2D eigenvalue weighted by molar-refractivity contribution is 0.223. The van der Waals surface area contributed by atoms with E-state index in [2.05, 4.69) is 52.1 Å². The molecule has 3 atom stereocenters. The molecule has 1 aliphatic rings. The fraction of sp³-hybridized carbons (Fsp3) is 0.700. The van der Waals surface area contributed by atoms with Crippen molar-refractivity contribution in [3.63, 3.8) is 0 Å². The molecule has 1 aromatic rings. The van der Waals surface area contributed by atoms with Gasteiger partial charge in [0.1, 0.15) is 0 Å². The Morgan fingerprint density at radius 2 is 1.81 bits per heavy atom. The molecule has 0 bridgehead atoms. The van der Waals surface area contributed by atoms with Crippen LogP contribution < -0.4 is 5.32 Å². The summed E-state index contributed by atoms with van der Waals surface area (Å²) in [6.07, 6.45) is 6.80. The van der Waals surface area contributed by atoms with Crippen molar-refractivity contribution in [2.45, 2.75) is 72.8 Å². The maximum absolute atomic E-state index is 3.88. The maximum atomic E-state index is 3.88. The van der Waals surface area contributed by atoms with E-state index in [1.165, 1.54) is 48.8 Å². The second-order valence-electron chi connectivity index (χ2n) is 7.28. The molecule has 1 nitrogen and oxygen atoms in total. The lowest BCUT2D eigenvalue weighted by Crippen LogP contribution is -2.33. The molecular weight excluding hydrogens is 254 g/mol. The van der Waals surface area contributed by atoms with Crippen molar-refractivity contribution in [2.24, 2.45) is 11.8 Å². The fourth-order valence-corrected chi connectivity index (χ4v) is 4.27. The van der Waals surface area contributed by atoms with E-state index < -0.39 is 0 Å². The van der Waals surface area contributed by atoms with Crippen LogP contribution in [0.2, 0.25) is 0 Å². The van der Waals surface area contributed by atoms with Gasteiger partial charge in [-0.25, -0.2) is 0 Å². The van der Waals surface area contributed by atoms with Gasteiger partial charge in [-0.2, -0.15) is 0 Å². The quantitative estimate of drug-likeness (QED) is 0.756. The van der Waals surface area contributed by atoms with Gasteiger partial charge < -0.3 is 5.32 Å². The minimum Gasteiger partial charge on any atom is -0.310 e. The minimum atomic E-state index is 0.549. The standard InChI is InChI=1S/C20H33N/c1-6-10-21-20(18-9-7-8-14(2)13-18)19-16(4)11-15(3)12-17(19)5/h11-12,14,18,20-21H,6-10,13H2,1-5H3. The van der Waals surface area contributed by atoms with Crippen LogP contribution in [-0.2, 0) is 0 Å². The van der Waals surface area contributed by atoms with Gasteiger partial charge in [0.05, 0.1) is 0 Å². The first-order chi connectivity index (χ1) is 10.0. The zero-order chi connectivity index (χ0) is 15.4. The second-order valence-corrected chi connectivity index (χ2v) is 7.28. The van der Waals surface area contributed by atoms with Gasteiger partial charge in [0.15, 0.2) is 0 Å². The molecule has 0 aliphatic heterocycles. The Labute approximate surface area is 131 Å². The second kappa shape index (κ2) is 7.45. The first-order valence-electron chi connectivity index (χ1n) is 8.84. The molecule has 21 heavy (non-hydrogen) atoms. The summed E-state index contributed by atoms with van der Waals surface area (Å²) >= 11 is 0. The molecule has 1 aromatic carbocycles. The summed E-state index contributed by atoms with van der Waals surface area (Å²) in [6, 6.07) is 5.26. The highest BCUT2D eigenvalue weighted by Crippen LogP contribution is 2.39. The summed E-state index contributed by atoms with van der Waals surface area (Å²) in [7, 11) is 0. The van der Waals surface area contributed by atoms with E-state index >= 15 is 0 Å². The number of rotatable bonds is 5. The molecule has 118 valence electrons. The molecule has 1 saturated carbocycles. The van der Waals surface area contributed by atoms with Crippen molar-refractivity contribution >= 4 is 0 Å². The highest BCUT2D eigenvalue weighted by molar-refractivity contribution is 5.40. The van der Waals surface area contributed by atoms with Gasteiger partial charge >= 0.3 is 0 Å². The average molecular weight is 287 g/mol. The number of aryl methyl sites for hydroxylation is 3. The molecular formula is C20H33N. The van der Waals surface area contributed by atoms with Crippen LogP contribution in [0.15, 0.2) is 12.1 Å². The first kappa shape index (κ1) is 16.5. The molecule has 1 heteroatoms. The molecule has 1 fully saturated rings. The van der Waals surface area contributed by atoms with E-state index in [1.54, 1.807) is 5.56 Å². The monoisotopic (exact) mass is 287 g/mol. The largest absolute Gasteiger partial charge is 0.310 e. The Hall–Kier alpha value is -0.820. The smallest absolute Gasteiger partial charge is 0.0354 e. The van der Waals surface area contributed by atoms with Crippen LogP contribution >= 0.6 is 0 Å². The summed E-state index contributed by atoms with van der Waals surface area (Å²) < 4.78 is 0. The summed E-state index contributed by atoms with van der Waals surface area (Å²) in [4.78, 5) is 0. The SMILES string of the molecule is CCCNC(c1c(C)cc(C)cc1C)C1CCCC(C)C1. The summed E-state index contributed by atoms with van der Waals surface area (Å²) in [5, 5.41) is 3.88. The van der Waals surface area contributed by atoms with Crippen molar-refractivity contribution in [1.82, 2.24) is 5.32 Å². The topological polar surface area (TPSA) is 12.0 Å². The number of hydrogen-bond donors (Lipinski definition) is 1. The van der Waals surface area contributed by atoms with Crippen LogP contribution in [0.25, 0.3) is 0 Å². The van der Waals surface area contributed by atoms with Crippen LogP contribution in [0, 0.1) is 32.6 Å². The Bertz CT molecular complexity index is 440. The van der Waals surface area contributed by atoms with Crippen LogP contribution in [0.5, 0.6) is 0 Å². The van der Waals surface area contributed by atoms with Crippen LogP contribution in [0.3, 0.4) is 0 Å². The Kier molecular flexibility index (Phi) is 5.87. The van der Waals surface area contributed by atoms with Gasteiger partial charge in [-0.05, 0) is 75.1 Å². The molecule has 1 N–H and O–H groups in total. The lowest BCUT2D eigenvalue weighted by atomic mass is 9.75. The Morgan fingerprint density at radius 3 is 2.38 bits per heavy atom. The van der Waals surface area contributed by atoms with E-state index in [4.69, 9.17) is 0 Å². The van der Waals surface area contributed by atoms with Gasteiger partial charge in [-0.3, -0.25) is 0 Å². The van der Waals surface area contributed by atoms with E-state index in [-0.39, 0.29) is 0 Å². The van der Waals surface area contributed by atoms with Crippen molar-refractivity contribution in [1.29, 1.82) is 0 Å². The molecule has 3 unspecified atom stereocenters. The van der Waals surface area contributed by atoms with Gasteiger partial charge in [-0.1, -0.05) is 44.4 Å². The fourth-order valence-electron chi connectivity index (χ4n) is 4.27. The number of hydrogen-bond acceptors (Lipinski definition) is 1. The normalized spacial score (nSPS) is 24.0. The first-order valence-corrected chi connectivity index (χ1v) is 8.84. The van der Waals surface area contributed by atoms with E-state index in [1.807, 2.05) is 0 Å². The van der Waals surface area contributed by atoms with Crippen molar-refractivity contribution < 1.29 is 0 Å². The van der Waals surface area contributed by atoms with Crippen molar-refractivity contribution in [3.05, 3.63) is 34.4 Å². The van der Waals surface area contributed by atoms with Gasteiger partial charge in [0, 0.05) is 6.04 Å². The van der Waals surface area contributed by atoms with E-state index in [9.17, 15) is 0 Å². The maximum Gasteiger partial charge on any atom is 0.0354 e. The zero-order valence-corrected chi connectivity index (χ0v) is 14.6. The molecule has 0 radical (unpaired) electrons. The number of nitrogens with one attached hydrogen (secondary N) is 1. The van der Waals surface area contributed by atoms with E-state index in [0.717, 1.165) is 18.4 Å². The van der Waals surface area contributed by atoms with Gasteiger partial charge in [0.2, 0.25) is 0 Å². The molecule has 0 aromatic heterocycles. The Balaban J connectivity index is 2.31. The van der Waals surface area contributed by atoms with Gasteiger partial charge in [-0.15, -0.1) is 0 Å². The Morgan fingerprint density at radius 1 is 1.14 bits per heavy atom. The van der Waals surface area contributed by atoms with E-state index in [0.29, 0.717) is 6.04 Å². The third-order valence-corrected chi connectivity index (χ3v) is 5.11. The zero-order valence-electron chi connectivity index (χ0n) is 14.6. The minimum absolute atomic E-state index is 0.549. The molecule has 0 heterocycles. The third kappa shape index (κ3) is 4.10. The van der Waals surface area contributed by atoms with Crippen LogP contribution in [-0.4, -0.2) is 6.54 Å². The molecule has 0 saturated heterocycles. The molecule has 2 rings (SSSR count). The van der Waals surface area contributed by atoms with Gasteiger partial charge in [0.25, 0.3) is 0 Å². The van der Waals surface area contributed by atoms with Crippen molar-refractivity contribution in [3.8, 4) is 0 Å². The highest BCUT2D eigenvalue weighted by atomic mass is 14.9. The predicted octanol–water partition coefficient (Wildman–Crippen LogP) is 5.48. The predicted molar refractivity (Wildman–Crippen MR) is 92.8 cm³/mol. The molecule has 1 aliphatic carbocycles. The van der Waals surface area contributed by atoms with Crippen LogP contribution in [0.4, 0.5) is 0 Å². The average Bonchev–Trinajstić information content (AvgIpc) is 2.41. The summed E-state index contributed by atoms with van der Waals surface area (Å²) in [5.74, 6) is 1.70. The molecule has 0 amide bonds. The van der Waals surface area contributed by atoms with Crippen molar-refractivity contribution in [2.75, 3.05) is 6.54 Å². The molecule has 0 spiro atoms. The highest BCUT2D eigenvalue weighted by Gasteiger charge is 2.29. The summed E-state index contributed by atoms with van der Waals surface area (Å²) in [5.41, 5.74) is 5.91. The lowest BCUT2D eigenvalue weighted by Gasteiger charge is -2.36. The number of benzene rings is 1. The van der Waals surface area contributed by atoms with Crippen LogP contribution in [0.1, 0.15) is 74.2 Å². The summed E-state index contributed by atoms with van der Waals surface area (Å²) in [6.45, 7) is 12.6.